The van der Waals surface area contributed by atoms with Crippen LogP contribution in [-0.4, -0.2) is 64.4 Å². The molecule has 7 heteroatoms. The summed E-state index contributed by atoms with van der Waals surface area (Å²) in [6.07, 6.45) is 1.83. The minimum absolute atomic E-state index is 0.0132. The maximum absolute atomic E-state index is 14.1. The molecule has 0 saturated carbocycles. The summed E-state index contributed by atoms with van der Waals surface area (Å²) in [5, 5.41) is 13.2. The second-order valence-corrected chi connectivity index (χ2v) is 11.0. The number of nitrogens with zero attached hydrogens (tertiary/aromatic N) is 2. The van der Waals surface area contributed by atoms with Crippen molar-refractivity contribution in [3.8, 4) is 0 Å². The highest BCUT2D eigenvalue weighted by Crippen LogP contribution is 2.50. The smallest absolute Gasteiger partial charge is 0.326 e. The van der Waals surface area contributed by atoms with E-state index in [1.54, 1.807) is 4.90 Å². The topological polar surface area (TPSA) is 89.9 Å². The zero-order valence-corrected chi connectivity index (χ0v) is 21.8. The molecule has 3 heterocycles. The summed E-state index contributed by atoms with van der Waals surface area (Å²) in [5.41, 5.74) is 2.42. The molecule has 3 unspecified atom stereocenters. The molecule has 3 saturated heterocycles. The maximum atomic E-state index is 14.1. The standard InChI is InChI=1S/C32H33N3O4/c36-29(27(22-10-4-1-5-11-22)23-12-6-2-7-13-23)35-21-25(20-26(35)30(37)38)34-18-16-32(17-19-34)28(33-31(32)39)24-14-8-3-9-15-24/h1-15,25-28H,16-21H2,(H,33,39)(H,37,38). The minimum atomic E-state index is -0.971. The summed E-state index contributed by atoms with van der Waals surface area (Å²) in [5.74, 6) is -1.61. The number of amides is 2. The Morgan fingerprint density at radius 3 is 1.90 bits per heavy atom. The number of aliphatic carboxylic acids is 1. The van der Waals surface area contributed by atoms with E-state index in [4.69, 9.17) is 0 Å². The van der Waals surface area contributed by atoms with Crippen molar-refractivity contribution in [1.29, 1.82) is 0 Å². The van der Waals surface area contributed by atoms with Crippen LogP contribution in [0.15, 0.2) is 91.0 Å². The molecule has 0 aromatic heterocycles. The van der Waals surface area contributed by atoms with Crippen LogP contribution < -0.4 is 5.32 Å². The number of carbonyl (C=O) groups excluding carboxylic acids is 2. The van der Waals surface area contributed by atoms with Gasteiger partial charge in [0.15, 0.2) is 0 Å². The highest BCUT2D eigenvalue weighted by Gasteiger charge is 2.57. The van der Waals surface area contributed by atoms with Crippen LogP contribution in [0.4, 0.5) is 0 Å². The number of rotatable bonds is 6. The van der Waals surface area contributed by atoms with E-state index < -0.39 is 23.3 Å². The van der Waals surface area contributed by atoms with Crippen LogP contribution in [0.3, 0.4) is 0 Å². The number of carboxylic acid groups (broad SMARTS) is 1. The molecule has 200 valence electrons. The fraction of sp³-hybridized carbons (Fsp3) is 0.344. The first kappa shape index (κ1) is 25.3. The van der Waals surface area contributed by atoms with E-state index in [0.717, 1.165) is 29.5 Å². The maximum Gasteiger partial charge on any atom is 0.326 e. The van der Waals surface area contributed by atoms with Crippen LogP contribution in [0.1, 0.15) is 47.9 Å². The monoisotopic (exact) mass is 523 g/mol. The molecule has 39 heavy (non-hydrogen) atoms. The Bertz CT molecular complexity index is 1300. The molecule has 6 rings (SSSR count). The molecule has 3 atom stereocenters. The molecule has 7 nitrogen and oxygen atoms in total. The highest BCUT2D eigenvalue weighted by atomic mass is 16.4. The van der Waals surface area contributed by atoms with Crippen molar-refractivity contribution in [3.05, 3.63) is 108 Å². The first-order valence-electron chi connectivity index (χ1n) is 13.7. The van der Waals surface area contributed by atoms with Crippen molar-refractivity contribution in [2.45, 2.75) is 43.3 Å². The second-order valence-electron chi connectivity index (χ2n) is 11.0. The van der Waals surface area contributed by atoms with E-state index in [2.05, 4.69) is 22.3 Å². The molecule has 0 aliphatic carbocycles. The van der Waals surface area contributed by atoms with E-state index >= 15 is 0 Å². The van der Waals surface area contributed by atoms with Gasteiger partial charge in [0.05, 0.1) is 17.4 Å². The van der Waals surface area contributed by atoms with Crippen LogP contribution in [0.25, 0.3) is 0 Å². The number of piperidine rings is 1. The average molecular weight is 524 g/mol. The van der Waals surface area contributed by atoms with Gasteiger partial charge in [-0.3, -0.25) is 14.5 Å². The first-order chi connectivity index (χ1) is 19.0. The zero-order valence-electron chi connectivity index (χ0n) is 21.8. The van der Waals surface area contributed by atoms with Crippen LogP contribution in [0.5, 0.6) is 0 Å². The molecule has 3 aliphatic heterocycles. The normalized spacial score (nSPS) is 24.4. The molecule has 0 bridgehead atoms. The summed E-state index contributed by atoms with van der Waals surface area (Å²) >= 11 is 0. The third kappa shape index (κ3) is 4.51. The Kier molecular flexibility index (Phi) is 6.69. The van der Waals surface area contributed by atoms with E-state index in [9.17, 15) is 19.5 Å². The predicted molar refractivity (Wildman–Crippen MR) is 147 cm³/mol. The minimum Gasteiger partial charge on any atom is -0.480 e. The molecule has 3 aromatic rings. The van der Waals surface area contributed by atoms with Gasteiger partial charge >= 0.3 is 5.97 Å². The van der Waals surface area contributed by atoms with Gasteiger partial charge in [-0.15, -0.1) is 0 Å². The van der Waals surface area contributed by atoms with Crippen molar-refractivity contribution in [1.82, 2.24) is 15.1 Å². The zero-order chi connectivity index (χ0) is 27.0. The van der Waals surface area contributed by atoms with Gasteiger partial charge in [-0.25, -0.2) is 4.79 Å². The Morgan fingerprint density at radius 1 is 0.846 bits per heavy atom. The summed E-state index contributed by atoms with van der Waals surface area (Å²) in [6.45, 7) is 1.78. The van der Waals surface area contributed by atoms with E-state index in [-0.39, 0.29) is 23.9 Å². The highest BCUT2D eigenvalue weighted by molar-refractivity contribution is 5.92. The fourth-order valence-electron chi connectivity index (χ4n) is 6.81. The van der Waals surface area contributed by atoms with Gasteiger partial charge in [-0.05, 0) is 49.0 Å². The van der Waals surface area contributed by atoms with E-state index in [1.807, 2.05) is 78.9 Å². The number of hydrogen-bond donors (Lipinski definition) is 2. The third-order valence-electron chi connectivity index (χ3n) is 8.98. The second kappa shape index (κ2) is 10.3. The summed E-state index contributed by atoms with van der Waals surface area (Å²) in [6, 6.07) is 28.3. The van der Waals surface area contributed by atoms with Crippen LogP contribution in [0.2, 0.25) is 0 Å². The van der Waals surface area contributed by atoms with Crippen LogP contribution in [-0.2, 0) is 14.4 Å². The lowest BCUT2D eigenvalue weighted by atomic mass is 9.64. The molecule has 2 amide bonds. The lowest BCUT2D eigenvalue weighted by Gasteiger charge is -2.53. The number of carboxylic acids is 1. The van der Waals surface area contributed by atoms with Gasteiger partial charge in [-0.2, -0.15) is 0 Å². The number of likely N-dealkylation sites (tertiary alicyclic amines) is 2. The molecule has 3 aromatic carbocycles. The van der Waals surface area contributed by atoms with Crippen molar-refractivity contribution in [2.75, 3.05) is 19.6 Å². The van der Waals surface area contributed by atoms with Crippen LogP contribution >= 0.6 is 0 Å². The van der Waals surface area contributed by atoms with E-state index in [0.29, 0.717) is 26.1 Å². The van der Waals surface area contributed by atoms with Gasteiger partial charge in [0, 0.05) is 12.6 Å². The number of hydrogen-bond acceptors (Lipinski definition) is 4. The number of benzene rings is 3. The van der Waals surface area contributed by atoms with Gasteiger partial charge in [0.25, 0.3) is 0 Å². The van der Waals surface area contributed by atoms with Gasteiger partial charge < -0.3 is 15.3 Å². The molecule has 1 spiro atoms. The summed E-state index contributed by atoms with van der Waals surface area (Å²) in [4.78, 5) is 43.1. The number of nitrogens with one attached hydrogen (secondary N) is 1. The first-order valence-corrected chi connectivity index (χ1v) is 13.7. The van der Waals surface area contributed by atoms with Crippen molar-refractivity contribution in [3.63, 3.8) is 0 Å². The lowest BCUT2D eigenvalue weighted by molar-refractivity contribution is -0.152. The molecular weight excluding hydrogens is 490 g/mol. The third-order valence-corrected chi connectivity index (χ3v) is 8.98. The van der Waals surface area contributed by atoms with Gasteiger partial charge in [0.1, 0.15) is 6.04 Å². The lowest BCUT2D eigenvalue weighted by Crippen LogP contribution is -2.65. The van der Waals surface area contributed by atoms with Crippen molar-refractivity contribution < 1.29 is 19.5 Å². The van der Waals surface area contributed by atoms with Crippen LogP contribution in [0, 0.1) is 5.41 Å². The molecular formula is C32H33N3O4. The Morgan fingerprint density at radius 2 is 1.38 bits per heavy atom. The average Bonchev–Trinajstić information content (AvgIpc) is 3.44. The predicted octanol–water partition coefficient (Wildman–Crippen LogP) is 3.83. The Labute approximate surface area is 228 Å². The Balaban J connectivity index is 1.20. The summed E-state index contributed by atoms with van der Waals surface area (Å²) < 4.78 is 0. The van der Waals surface area contributed by atoms with Gasteiger partial charge in [0.2, 0.25) is 11.8 Å². The Hall–Kier alpha value is -3.97. The fourth-order valence-corrected chi connectivity index (χ4v) is 6.81. The van der Waals surface area contributed by atoms with Gasteiger partial charge in [-0.1, -0.05) is 91.0 Å². The molecule has 3 fully saturated rings. The number of β-lactam (4-membered cyclic amide) rings is 1. The molecule has 0 radical (unpaired) electrons. The van der Waals surface area contributed by atoms with Crippen molar-refractivity contribution in [2.24, 2.45) is 5.41 Å². The molecule has 3 aliphatic rings. The largest absolute Gasteiger partial charge is 0.480 e. The quantitative estimate of drug-likeness (QED) is 0.480. The number of carbonyl (C=O) groups is 3. The molecule has 2 N–H and O–H groups in total. The van der Waals surface area contributed by atoms with E-state index in [1.165, 1.54) is 0 Å². The summed E-state index contributed by atoms with van der Waals surface area (Å²) in [7, 11) is 0. The SMILES string of the molecule is O=C(O)C1CC(N2CCC3(CC2)C(=O)NC3c2ccccc2)CN1C(=O)C(c1ccccc1)c1ccccc1. The van der Waals surface area contributed by atoms with Crippen molar-refractivity contribution >= 4 is 17.8 Å².